The molecule has 8 nitrogen and oxygen atoms in total. The second kappa shape index (κ2) is 10.6. The third-order valence-electron chi connectivity index (χ3n) is 5.55. The van der Waals surface area contributed by atoms with Crippen molar-refractivity contribution in [3.63, 3.8) is 0 Å². The number of aromatic carboxylic acids is 1. The quantitative estimate of drug-likeness (QED) is 0.457. The third-order valence-corrected chi connectivity index (χ3v) is 5.94. The van der Waals surface area contributed by atoms with Gasteiger partial charge in [0.25, 0.3) is 0 Å². The summed E-state index contributed by atoms with van der Waals surface area (Å²) in [4.78, 5) is 22.4. The number of carboxylic acid groups (broad SMARTS) is 1. The van der Waals surface area contributed by atoms with Crippen molar-refractivity contribution >= 4 is 34.9 Å². The van der Waals surface area contributed by atoms with Gasteiger partial charge >= 0.3 is 5.97 Å². The smallest absolute Gasteiger partial charge is 0.335 e. The minimum atomic E-state index is -1.09. The van der Waals surface area contributed by atoms with Crippen LogP contribution in [0, 0.1) is 11.8 Å². The Labute approximate surface area is 209 Å². The van der Waals surface area contributed by atoms with Crippen LogP contribution < -0.4 is 20.3 Å². The lowest BCUT2D eigenvalue weighted by Gasteiger charge is -2.37. The zero-order chi connectivity index (χ0) is 24.9. The predicted octanol–water partition coefficient (Wildman–Crippen LogP) is 4.17. The maximum atomic E-state index is 11.3. The van der Waals surface area contributed by atoms with Crippen molar-refractivity contribution in [2.75, 3.05) is 30.4 Å². The molecule has 35 heavy (non-hydrogen) atoms. The molecule has 9 heteroatoms. The number of hydrogen-bond acceptors (Lipinski definition) is 7. The number of nitrogens with zero attached hydrogens (tertiary/aromatic N) is 3. The molecule has 3 aromatic rings. The van der Waals surface area contributed by atoms with Gasteiger partial charge in [0.1, 0.15) is 5.75 Å². The van der Waals surface area contributed by atoms with Crippen molar-refractivity contribution in [3.8, 4) is 17.6 Å². The van der Waals surface area contributed by atoms with Gasteiger partial charge in [0, 0.05) is 54.5 Å². The molecule has 4 rings (SSSR count). The fourth-order valence-corrected chi connectivity index (χ4v) is 4.21. The molecular weight excluding hydrogens is 466 g/mol. The topological polar surface area (TPSA) is 99.6 Å². The number of nitrogens with one attached hydrogen (secondary N) is 2. The second-order valence-corrected chi connectivity index (χ2v) is 8.81. The average Bonchev–Trinajstić information content (AvgIpc) is 2.84. The van der Waals surface area contributed by atoms with Crippen LogP contribution in [0.15, 0.2) is 48.8 Å². The van der Waals surface area contributed by atoms with E-state index in [2.05, 4.69) is 63.3 Å². The number of benzene rings is 2. The highest BCUT2D eigenvalue weighted by atomic mass is 35.5. The average molecular weight is 492 g/mol. The maximum Gasteiger partial charge on any atom is 0.335 e. The van der Waals surface area contributed by atoms with Gasteiger partial charge in [-0.2, -0.15) is 0 Å². The molecule has 2 heterocycles. The molecule has 2 aromatic carbocycles. The minimum absolute atomic E-state index is 0.0401. The summed E-state index contributed by atoms with van der Waals surface area (Å²) in [5, 5.41) is 16.3. The second-order valence-electron chi connectivity index (χ2n) is 8.44. The number of methoxy groups -OCH3 is 1. The highest BCUT2D eigenvalue weighted by Crippen LogP contribution is 2.29. The Kier molecular flexibility index (Phi) is 7.39. The summed E-state index contributed by atoms with van der Waals surface area (Å²) in [6.07, 6.45) is 3.18. The Bertz CT molecular complexity index is 1260. The molecule has 0 aliphatic carbocycles. The van der Waals surface area contributed by atoms with Crippen molar-refractivity contribution in [1.29, 1.82) is 0 Å². The first-order chi connectivity index (χ1) is 16.8. The van der Waals surface area contributed by atoms with Gasteiger partial charge in [-0.25, -0.2) is 14.8 Å². The summed E-state index contributed by atoms with van der Waals surface area (Å²) < 4.78 is 5.15. The monoisotopic (exact) mass is 491 g/mol. The molecule has 180 valence electrons. The normalized spacial score (nSPS) is 17.3. The maximum absolute atomic E-state index is 11.3. The van der Waals surface area contributed by atoms with E-state index in [0.717, 1.165) is 18.8 Å². The molecular formula is C26H26ClN5O3. The SMILES string of the molecule is COc1cc(C(=O)O)cc(C#Cc2cnc(Nc3ccc(N4C[C@@H](C)N[C@@H](C)C4)cc3)nc2)c1Cl. The van der Waals surface area contributed by atoms with E-state index >= 15 is 0 Å². The van der Waals surface area contributed by atoms with Crippen LogP contribution in [-0.4, -0.2) is 53.3 Å². The standard InChI is InChI=1S/C26H26ClN5O3/c1-16-14-32(15-17(2)30-16)22-8-6-21(7-9-22)31-26-28-12-18(13-29-26)4-5-19-10-20(25(33)34)11-23(35-3)24(19)27/h6-13,16-17,30H,14-15H2,1-3H3,(H,33,34)(H,28,29,31)/t16-,17+. The van der Waals surface area contributed by atoms with Gasteiger partial charge in [-0.05, 0) is 50.2 Å². The van der Waals surface area contributed by atoms with Crippen molar-refractivity contribution in [1.82, 2.24) is 15.3 Å². The number of carboxylic acids is 1. The minimum Gasteiger partial charge on any atom is -0.495 e. The Morgan fingerprint density at radius 3 is 2.40 bits per heavy atom. The van der Waals surface area contributed by atoms with E-state index in [0.29, 0.717) is 29.2 Å². The Hall–Kier alpha value is -3.80. The van der Waals surface area contributed by atoms with Gasteiger partial charge in [0.05, 0.1) is 23.3 Å². The van der Waals surface area contributed by atoms with Crippen LogP contribution >= 0.6 is 11.6 Å². The van der Waals surface area contributed by atoms with Crippen LogP contribution in [0.2, 0.25) is 5.02 Å². The Morgan fingerprint density at radius 1 is 1.14 bits per heavy atom. The first-order valence-electron chi connectivity index (χ1n) is 11.2. The van der Waals surface area contributed by atoms with Gasteiger partial charge in [-0.3, -0.25) is 0 Å². The Balaban J connectivity index is 1.44. The number of ether oxygens (including phenoxy) is 1. The largest absolute Gasteiger partial charge is 0.495 e. The van der Waals surface area contributed by atoms with E-state index < -0.39 is 5.97 Å². The van der Waals surface area contributed by atoms with Crippen molar-refractivity contribution in [2.45, 2.75) is 25.9 Å². The van der Waals surface area contributed by atoms with Gasteiger partial charge in [-0.1, -0.05) is 23.4 Å². The van der Waals surface area contributed by atoms with Crippen molar-refractivity contribution < 1.29 is 14.6 Å². The molecule has 0 radical (unpaired) electrons. The van der Waals surface area contributed by atoms with Crippen molar-refractivity contribution in [2.24, 2.45) is 0 Å². The molecule has 1 aliphatic heterocycles. The number of halogens is 1. The predicted molar refractivity (Wildman–Crippen MR) is 137 cm³/mol. The summed E-state index contributed by atoms with van der Waals surface area (Å²) >= 11 is 6.27. The summed E-state index contributed by atoms with van der Waals surface area (Å²) in [7, 11) is 1.42. The zero-order valence-corrected chi connectivity index (χ0v) is 20.4. The third kappa shape index (κ3) is 6.01. The number of anilines is 3. The molecule has 1 fully saturated rings. The van der Waals surface area contributed by atoms with Crippen LogP contribution in [0.1, 0.15) is 35.3 Å². The summed E-state index contributed by atoms with van der Waals surface area (Å²) in [6, 6.07) is 11.9. The van der Waals surface area contributed by atoms with E-state index in [9.17, 15) is 9.90 Å². The highest BCUT2D eigenvalue weighted by Gasteiger charge is 2.21. The number of hydrogen-bond donors (Lipinski definition) is 3. The number of piperazine rings is 1. The summed E-state index contributed by atoms with van der Waals surface area (Å²) in [5.41, 5.74) is 3.01. The number of aromatic nitrogens is 2. The molecule has 0 amide bonds. The fraction of sp³-hybridized carbons (Fsp3) is 0.269. The van der Waals surface area contributed by atoms with E-state index in [1.807, 2.05) is 12.1 Å². The van der Waals surface area contributed by atoms with Crippen LogP contribution in [0.3, 0.4) is 0 Å². The van der Waals surface area contributed by atoms with E-state index in [-0.39, 0.29) is 16.3 Å². The Morgan fingerprint density at radius 2 is 1.80 bits per heavy atom. The molecule has 0 spiro atoms. The van der Waals surface area contributed by atoms with E-state index in [4.69, 9.17) is 16.3 Å². The van der Waals surface area contributed by atoms with Gasteiger partial charge < -0.3 is 25.4 Å². The van der Waals surface area contributed by atoms with Crippen LogP contribution in [-0.2, 0) is 0 Å². The molecule has 0 bridgehead atoms. The highest BCUT2D eigenvalue weighted by molar-refractivity contribution is 6.33. The molecule has 3 N–H and O–H groups in total. The van der Waals surface area contributed by atoms with Gasteiger partial charge in [0.2, 0.25) is 5.95 Å². The van der Waals surface area contributed by atoms with Gasteiger partial charge in [-0.15, -0.1) is 0 Å². The van der Waals surface area contributed by atoms with Crippen LogP contribution in [0.25, 0.3) is 0 Å². The lowest BCUT2D eigenvalue weighted by molar-refractivity contribution is 0.0696. The molecule has 0 saturated carbocycles. The first-order valence-corrected chi connectivity index (χ1v) is 11.5. The molecule has 0 unspecified atom stereocenters. The molecule has 1 aliphatic rings. The van der Waals surface area contributed by atoms with Crippen LogP contribution in [0.4, 0.5) is 17.3 Å². The summed E-state index contributed by atoms with van der Waals surface area (Å²) in [6.45, 7) is 6.34. The molecule has 1 saturated heterocycles. The molecule has 1 aromatic heterocycles. The van der Waals surface area contributed by atoms with E-state index in [1.54, 1.807) is 12.4 Å². The van der Waals surface area contributed by atoms with Gasteiger partial charge in [0.15, 0.2) is 0 Å². The summed E-state index contributed by atoms with van der Waals surface area (Å²) in [5.74, 6) is 5.39. The van der Waals surface area contributed by atoms with E-state index in [1.165, 1.54) is 24.9 Å². The number of carbonyl (C=O) groups is 1. The lowest BCUT2D eigenvalue weighted by atomic mass is 10.1. The molecule has 2 atom stereocenters. The fourth-order valence-electron chi connectivity index (χ4n) is 3.98. The van der Waals surface area contributed by atoms with Crippen molar-refractivity contribution in [3.05, 3.63) is 70.5 Å². The number of rotatable bonds is 5. The van der Waals surface area contributed by atoms with Crippen LogP contribution in [0.5, 0.6) is 5.75 Å². The first kappa shape index (κ1) is 24.3. The lowest BCUT2D eigenvalue weighted by Crippen LogP contribution is -2.54. The zero-order valence-electron chi connectivity index (χ0n) is 19.7.